The molecule has 5 nitrogen and oxygen atoms in total. The van der Waals surface area contributed by atoms with E-state index in [1.807, 2.05) is 55.5 Å². The smallest absolute Gasteiger partial charge is 0.270 e. The Hall–Kier alpha value is -3.60. The second-order valence-electron chi connectivity index (χ2n) is 6.62. The number of rotatable bonds is 3. The predicted molar refractivity (Wildman–Crippen MR) is 108 cm³/mol. The fraction of sp³-hybridized carbons (Fsp3) is 0.130. The Bertz CT molecular complexity index is 1100. The zero-order valence-electron chi connectivity index (χ0n) is 15.6. The van der Waals surface area contributed by atoms with Crippen LogP contribution in [0, 0.1) is 10.1 Å². The van der Waals surface area contributed by atoms with Crippen molar-refractivity contribution in [3.63, 3.8) is 0 Å². The maximum Gasteiger partial charge on any atom is 0.270 e. The summed E-state index contributed by atoms with van der Waals surface area (Å²) < 4.78 is 11.4. The summed E-state index contributed by atoms with van der Waals surface area (Å²) >= 11 is 0. The molecule has 0 aliphatic carbocycles. The Morgan fingerprint density at radius 2 is 1.86 bits per heavy atom. The van der Waals surface area contributed by atoms with Gasteiger partial charge in [-0.3, -0.25) is 10.1 Å². The van der Waals surface area contributed by atoms with E-state index in [0.29, 0.717) is 6.61 Å². The van der Waals surface area contributed by atoms with Crippen LogP contribution in [-0.4, -0.2) is 12.0 Å². The zero-order valence-corrected chi connectivity index (χ0v) is 15.6. The molecule has 0 atom stereocenters. The molecule has 0 aromatic heterocycles. The minimum absolute atomic E-state index is 0.0746. The van der Waals surface area contributed by atoms with Crippen molar-refractivity contribution in [3.05, 3.63) is 99.1 Å². The first-order chi connectivity index (χ1) is 13.6. The summed E-state index contributed by atoms with van der Waals surface area (Å²) in [6.07, 6.45) is 0. The van der Waals surface area contributed by atoms with E-state index in [4.69, 9.17) is 9.47 Å². The van der Waals surface area contributed by atoms with Crippen molar-refractivity contribution in [2.45, 2.75) is 13.5 Å². The average molecular weight is 373 g/mol. The number of fused-ring (bicyclic) bond motifs is 2. The lowest BCUT2D eigenvalue weighted by molar-refractivity contribution is -0.384. The van der Waals surface area contributed by atoms with Crippen molar-refractivity contribution in [2.24, 2.45) is 0 Å². The van der Waals surface area contributed by atoms with Gasteiger partial charge in [-0.15, -0.1) is 0 Å². The Morgan fingerprint density at radius 1 is 1.04 bits per heavy atom. The highest BCUT2D eigenvalue weighted by Crippen LogP contribution is 2.42. The summed E-state index contributed by atoms with van der Waals surface area (Å²) in [5, 5.41) is 11.2. The molecule has 0 N–H and O–H groups in total. The number of para-hydroxylation sites is 1. The molecule has 5 heteroatoms. The van der Waals surface area contributed by atoms with Gasteiger partial charge in [-0.2, -0.15) is 0 Å². The van der Waals surface area contributed by atoms with Crippen LogP contribution in [-0.2, 0) is 6.61 Å². The van der Waals surface area contributed by atoms with E-state index in [9.17, 15) is 10.1 Å². The van der Waals surface area contributed by atoms with Crippen LogP contribution >= 0.6 is 0 Å². The lowest BCUT2D eigenvalue weighted by Crippen LogP contribution is -1.98. The molecule has 0 spiro atoms. The summed E-state index contributed by atoms with van der Waals surface area (Å²) in [5.41, 5.74) is 5.85. The van der Waals surface area contributed by atoms with Gasteiger partial charge in [0, 0.05) is 23.3 Å². The third kappa shape index (κ3) is 3.11. The number of hydrogen-bond acceptors (Lipinski definition) is 4. The molecule has 0 fully saturated rings. The van der Waals surface area contributed by atoms with Gasteiger partial charge in [-0.05, 0) is 47.4 Å². The predicted octanol–water partition coefficient (Wildman–Crippen LogP) is 5.47. The van der Waals surface area contributed by atoms with Crippen LogP contribution in [0.1, 0.15) is 29.2 Å². The number of ether oxygens (including phenoxy) is 2. The maximum absolute atomic E-state index is 11.2. The minimum atomic E-state index is -0.371. The highest BCUT2D eigenvalue weighted by atomic mass is 16.6. The van der Waals surface area contributed by atoms with Gasteiger partial charge < -0.3 is 9.47 Å². The molecule has 4 rings (SSSR count). The second-order valence-corrected chi connectivity index (χ2v) is 6.62. The van der Waals surface area contributed by atoms with Crippen molar-refractivity contribution >= 4 is 16.8 Å². The Balaban J connectivity index is 2.00. The molecule has 3 aromatic rings. The first kappa shape index (κ1) is 17.8. The lowest BCUT2D eigenvalue weighted by Gasteiger charge is -2.15. The van der Waals surface area contributed by atoms with Gasteiger partial charge in [-0.25, -0.2) is 0 Å². The van der Waals surface area contributed by atoms with E-state index in [0.717, 1.165) is 44.9 Å². The maximum atomic E-state index is 11.2. The molecule has 28 heavy (non-hydrogen) atoms. The third-order valence-corrected chi connectivity index (χ3v) is 4.99. The van der Waals surface area contributed by atoms with Crippen LogP contribution in [0.15, 0.2) is 66.7 Å². The highest BCUT2D eigenvalue weighted by molar-refractivity contribution is 6.00. The summed E-state index contributed by atoms with van der Waals surface area (Å²) in [4.78, 5) is 10.9. The number of hydrogen-bond donors (Lipinski definition) is 0. The number of non-ortho nitro benzene ring substituents is 1. The minimum Gasteiger partial charge on any atom is -0.497 e. The first-order valence-electron chi connectivity index (χ1n) is 8.93. The Labute approximate surface area is 163 Å². The first-order valence-corrected chi connectivity index (χ1v) is 8.93. The number of allylic oxidation sites excluding steroid dienone is 1. The van der Waals surface area contributed by atoms with Crippen LogP contribution < -0.4 is 9.47 Å². The van der Waals surface area contributed by atoms with Gasteiger partial charge in [0.1, 0.15) is 18.1 Å². The van der Waals surface area contributed by atoms with E-state index in [2.05, 4.69) is 0 Å². The van der Waals surface area contributed by atoms with Crippen molar-refractivity contribution in [1.82, 2.24) is 0 Å². The number of methoxy groups -OCH3 is 1. The fourth-order valence-corrected chi connectivity index (χ4v) is 3.56. The molecule has 0 radical (unpaired) electrons. The van der Waals surface area contributed by atoms with Gasteiger partial charge in [0.05, 0.1) is 12.0 Å². The van der Waals surface area contributed by atoms with Crippen LogP contribution in [0.5, 0.6) is 11.5 Å². The molecular formula is C23H19NO4. The fourth-order valence-electron chi connectivity index (χ4n) is 3.56. The van der Waals surface area contributed by atoms with Crippen LogP contribution in [0.25, 0.3) is 11.1 Å². The molecule has 0 bridgehead atoms. The third-order valence-electron chi connectivity index (χ3n) is 4.99. The summed E-state index contributed by atoms with van der Waals surface area (Å²) in [6, 6.07) is 20.5. The monoisotopic (exact) mass is 373 g/mol. The van der Waals surface area contributed by atoms with Crippen LogP contribution in [0.4, 0.5) is 5.69 Å². The standard InChI is InChI=1S/C23H19NO4/c1-15(16-6-5-7-18(12-16)24(25)26)23-20-11-10-19(27-2)13-17(20)14-28-22-9-4-3-8-21(22)23/h3-13H,14H2,1-2H3/b23-15-. The SMILES string of the molecule is COc1ccc2c(c1)COc1ccccc1/C2=C(/C)c1cccc([N+](=O)[O-])c1. The van der Waals surface area contributed by atoms with Gasteiger partial charge in [0.25, 0.3) is 5.69 Å². The van der Waals surface area contributed by atoms with Gasteiger partial charge in [0.2, 0.25) is 0 Å². The molecule has 1 heterocycles. The quantitative estimate of drug-likeness (QED) is 0.451. The van der Waals surface area contributed by atoms with Crippen molar-refractivity contribution in [2.75, 3.05) is 7.11 Å². The van der Waals surface area contributed by atoms with Gasteiger partial charge in [0.15, 0.2) is 0 Å². The van der Waals surface area contributed by atoms with Gasteiger partial charge >= 0.3 is 0 Å². The van der Waals surface area contributed by atoms with E-state index >= 15 is 0 Å². The van der Waals surface area contributed by atoms with Crippen LogP contribution in [0.3, 0.4) is 0 Å². The van der Waals surface area contributed by atoms with E-state index in [-0.39, 0.29) is 10.6 Å². The molecule has 1 aliphatic heterocycles. The molecule has 0 unspecified atom stereocenters. The molecule has 0 saturated carbocycles. The second kappa shape index (κ2) is 7.19. The molecule has 140 valence electrons. The van der Waals surface area contributed by atoms with Crippen molar-refractivity contribution in [3.8, 4) is 11.5 Å². The van der Waals surface area contributed by atoms with Crippen molar-refractivity contribution in [1.29, 1.82) is 0 Å². The number of nitro groups is 1. The van der Waals surface area contributed by atoms with Gasteiger partial charge in [-0.1, -0.05) is 36.4 Å². The van der Waals surface area contributed by atoms with E-state index < -0.39 is 0 Å². The molecule has 3 aromatic carbocycles. The van der Waals surface area contributed by atoms with E-state index in [1.165, 1.54) is 6.07 Å². The molecule has 1 aliphatic rings. The summed E-state index contributed by atoms with van der Waals surface area (Å²) in [5.74, 6) is 1.55. The normalized spacial score (nSPS) is 14.2. The van der Waals surface area contributed by atoms with Crippen LogP contribution in [0.2, 0.25) is 0 Å². The summed E-state index contributed by atoms with van der Waals surface area (Å²) in [6.45, 7) is 2.42. The number of nitrogens with zero attached hydrogens (tertiary/aromatic N) is 1. The Morgan fingerprint density at radius 3 is 2.64 bits per heavy atom. The molecule has 0 saturated heterocycles. The topological polar surface area (TPSA) is 61.6 Å². The lowest BCUT2D eigenvalue weighted by atomic mass is 9.88. The number of benzene rings is 3. The molecule has 0 amide bonds. The summed E-state index contributed by atoms with van der Waals surface area (Å²) in [7, 11) is 1.64. The van der Waals surface area contributed by atoms with Crippen molar-refractivity contribution < 1.29 is 14.4 Å². The number of nitro benzene ring substituents is 1. The zero-order chi connectivity index (χ0) is 19.7. The average Bonchev–Trinajstić information content (AvgIpc) is 2.89. The largest absolute Gasteiger partial charge is 0.497 e. The Kier molecular flexibility index (Phi) is 4.57. The molecular weight excluding hydrogens is 354 g/mol. The highest BCUT2D eigenvalue weighted by Gasteiger charge is 2.22. The van der Waals surface area contributed by atoms with E-state index in [1.54, 1.807) is 19.2 Å².